The molecule has 2 heterocycles. The third-order valence-corrected chi connectivity index (χ3v) is 5.74. The average Bonchev–Trinajstić information content (AvgIpc) is 3.09. The molecule has 3 rings (SSSR count). The van der Waals surface area contributed by atoms with Gasteiger partial charge in [-0.1, -0.05) is 37.3 Å². The van der Waals surface area contributed by atoms with Crippen LogP contribution in [0, 0.1) is 5.92 Å². The van der Waals surface area contributed by atoms with Crippen molar-refractivity contribution in [3.05, 3.63) is 35.9 Å². The number of nitrogens with zero attached hydrogens (tertiary/aromatic N) is 3. The summed E-state index contributed by atoms with van der Waals surface area (Å²) in [5.74, 6) is -1.81. The van der Waals surface area contributed by atoms with Crippen LogP contribution in [0.25, 0.3) is 0 Å². The Morgan fingerprint density at radius 1 is 1.24 bits per heavy atom. The fraction of sp³-hybridized carbons (Fsp3) is 0.524. The number of ether oxygens (including phenoxy) is 1. The largest absolute Gasteiger partial charge is 0.461 e. The molecule has 1 aromatic rings. The molecule has 2 amide bonds. The van der Waals surface area contributed by atoms with Gasteiger partial charge in [0.15, 0.2) is 5.71 Å². The standard InChI is InChI=1S/C21H28N4O4/c1-6-29-18(27)17-14(2)21(5,23-22-17)19(28)25-16(26)12-20(3,4)24(25)13-15-10-8-7-9-11-15/h7-11,14,23H,6,12-13H2,1-5H3/t14-,21-/m1/s1. The van der Waals surface area contributed by atoms with Gasteiger partial charge >= 0.3 is 5.97 Å². The smallest absolute Gasteiger partial charge is 0.354 e. The summed E-state index contributed by atoms with van der Waals surface area (Å²) in [5.41, 5.74) is 2.20. The van der Waals surface area contributed by atoms with Crippen LogP contribution in [0.1, 0.15) is 46.6 Å². The van der Waals surface area contributed by atoms with Crippen LogP contribution in [0.5, 0.6) is 0 Å². The topological polar surface area (TPSA) is 91.3 Å². The Hall–Kier alpha value is -2.74. The van der Waals surface area contributed by atoms with E-state index in [4.69, 9.17) is 4.74 Å². The molecule has 29 heavy (non-hydrogen) atoms. The number of hydrazone groups is 1. The normalized spacial score (nSPS) is 26.2. The van der Waals surface area contributed by atoms with Gasteiger partial charge in [0.05, 0.1) is 6.61 Å². The van der Waals surface area contributed by atoms with E-state index in [1.54, 1.807) is 25.8 Å². The average molecular weight is 400 g/mol. The summed E-state index contributed by atoms with van der Waals surface area (Å²) in [6.45, 7) is 9.63. The van der Waals surface area contributed by atoms with Crippen LogP contribution in [0.2, 0.25) is 0 Å². The molecule has 0 spiro atoms. The van der Waals surface area contributed by atoms with E-state index in [-0.39, 0.29) is 24.6 Å². The Bertz CT molecular complexity index is 851. The van der Waals surface area contributed by atoms with Crippen LogP contribution in [0.15, 0.2) is 35.4 Å². The van der Waals surface area contributed by atoms with Gasteiger partial charge in [0.25, 0.3) is 5.91 Å². The summed E-state index contributed by atoms with van der Waals surface area (Å²) in [5, 5.41) is 7.09. The predicted octanol–water partition coefficient (Wildman–Crippen LogP) is 1.86. The Balaban J connectivity index is 1.88. The van der Waals surface area contributed by atoms with Crippen molar-refractivity contribution >= 4 is 23.5 Å². The predicted molar refractivity (Wildman–Crippen MR) is 107 cm³/mol. The van der Waals surface area contributed by atoms with Crippen LogP contribution in [0.3, 0.4) is 0 Å². The van der Waals surface area contributed by atoms with Crippen molar-refractivity contribution in [3.63, 3.8) is 0 Å². The molecule has 1 aromatic carbocycles. The lowest BCUT2D eigenvalue weighted by atomic mass is 9.84. The number of esters is 1. The Kier molecular flexibility index (Phi) is 5.49. The molecule has 1 fully saturated rings. The van der Waals surface area contributed by atoms with Crippen LogP contribution < -0.4 is 5.43 Å². The second-order valence-corrected chi connectivity index (χ2v) is 8.30. The number of hydrogen-bond donors (Lipinski definition) is 1. The van der Waals surface area contributed by atoms with Gasteiger partial charge in [0, 0.05) is 24.4 Å². The van der Waals surface area contributed by atoms with Crippen LogP contribution in [-0.2, 0) is 25.7 Å². The van der Waals surface area contributed by atoms with Crippen molar-refractivity contribution in [2.24, 2.45) is 11.0 Å². The third kappa shape index (κ3) is 3.64. The highest BCUT2D eigenvalue weighted by Gasteiger charge is 2.56. The van der Waals surface area contributed by atoms with Crippen LogP contribution in [0.4, 0.5) is 0 Å². The van der Waals surface area contributed by atoms with Crippen molar-refractivity contribution < 1.29 is 19.1 Å². The Labute approximate surface area is 170 Å². The van der Waals surface area contributed by atoms with E-state index in [1.807, 2.05) is 44.2 Å². The fourth-order valence-electron chi connectivity index (χ4n) is 3.73. The SMILES string of the molecule is CCOC(=O)C1=NN[C@@](C)(C(=O)N2C(=O)CC(C)(C)N2Cc2ccccc2)[C@@H]1C. The summed E-state index contributed by atoms with van der Waals surface area (Å²) >= 11 is 0. The molecule has 2 aliphatic heterocycles. The molecule has 0 saturated carbocycles. The molecule has 2 atom stereocenters. The second-order valence-electron chi connectivity index (χ2n) is 8.30. The molecular formula is C21H28N4O4. The zero-order valence-electron chi connectivity index (χ0n) is 17.6. The summed E-state index contributed by atoms with van der Waals surface area (Å²) in [4.78, 5) is 38.6. The van der Waals surface area contributed by atoms with Gasteiger partial charge in [-0.3, -0.25) is 15.0 Å². The molecule has 0 unspecified atom stereocenters. The summed E-state index contributed by atoms with van der Waals surface area (Å²) in [7, 11) is 0. The summed E-state index contributed by atoms with van der Waals surface area (Å²) < 4.78 is 5.04. The van der Waals surface area contributed by atoms with Crippen molar-refractivity contribution in [1.82, 2.24) is 15.4 Å². The second kappa shape index (κ2) is 7.59. The van der Waals surface area contributed by atoms with Gasteiger partial charge in [-0.15, -0.1) is 0 Å². The van der Waals surface area contributed by atoms with Gasteiger partial charge in [0.1, 0.15) is 5.54 Å². The molecule has 0 aliphatic carbocycles. The summed E-state index contributed by atoms with van der Waals surface area (Å²) in [6.07, 6.45) is 0.224. The van der Waals surface area contributed by atoms with Gasteiger partial charge in [-0.25, -0.2) is 14.8 Å². The minimum Gasteiger partial charge on any atom is -0.461 e. The zero-order chi connectivity index (χ0) is 21.4. The van der Waals surface area contributed by atoms with Crippen molar-refractivity contribution in [2.75, 3.05) is 6.61 Å². The van der Waals surface area contributed by atoms with E-state index >= 15 is 0 Å². The van der Waals surface area contributed by atoms with E-state index in [1.165, 1.54) is 5.01 Å². The van der Waals surface area contributed by atoms with Gasteiger partial charge in [-0.2, -0.15) is 5.10 Å². The van der Waals surface area contributed by atoms with Crippen molar-refractivity contribution in [1.29, 1.82) is 0 Å². The number of hydrogen-bond acceptors (Lipinski definition) is 7. The third-order valence-electron chi connectivity index (χ3n) is 5.74. The lowest BCUT2D eigenvalue weighted by molar-refractivity contribution is -0.166. The first kappa shape index (κ1) is 21.0. The number of carbonyl (C=O) groups is 3. The maximum atomic E-state index is 13.6. The molecule has 8 nitrogen and oxygen atoms in total. The molecular weight excluding hydrogens is 372 g/mol. The lowest BCUT2D eigenvalue weighted by Crippen LogP contribution is -2.61. The minimum absolute atomic E-state index is 0.156. The maximum Gasteiger partial charge on any atom is 0.354 e. The van der Waals surface area contributed by atoms with Crippen molar-refractivity contribution in [3.8, 4) is 0 Å². The highest BCUT2D eigenvalue weighted by Crippen LogP contribution is 2.36. The molecule has 156 valence electrons. The lowest BCUT2D eigenvalue weighted by Gasteiger charge is -2.39. The highest BCUT2D eigenvalue weighted by molar-refractivity contribution is 6.38. The number of nitrogens with one attached hydrogen (secondary N) is 1. The van der Waals surface area contributed by atoms with E-state index in [9.17, 15) is 14.4 Å². The highest BCUT2D eigenvalue weighted by atomic mass is 16.5. The first-order valence-corrected chi connectivity index (χ1v) is 9.82. The molecule has 0 bridgehead atoms. The number of hydrazine groups is 1. The quantitative estimate of drug-likeness (QED) is 0.599. The maximum absolute atomic E-state index is 13.6. The molecule has 8 heteroatoms. The number of amides is 2. The first-order chi connectivity index (χ1) is 13.6. The fourth-order valence-corrected chi connectivity index (χ4v) is 3.73. The van der Waals surface area contributed by atoms with E-state index in [0.717, 1.165) is 5.56 Å². The number of benzene rings is 1. The monoisotopic (exact) mass is 400 g/mol. The van der Waals surface area contributed by atoms with E-state index < -0.39 is 28.9 Å². The minimum atomic E-state index is -1.23. The molecule has 0 aromatic heterocycles. The number of imide groups is 1. The molecule has 2 aliphatic rings. The molecule has 1 saturated heterocycles. The number of rotatable bonds is 5. The van der Waals surface area contributed by atoms with Gasteiger partial charge < -0.3 is 4.74 Å². The first-order valence-electron chi connectivity index (χ1n) is 9.82. The van der Waals surface area contributed by atoms with E-state index in [2.05, 4.69) is 10.5 Å². The van der Waals surface area contributed by atoms with Gasteiger partial charge in [-0.05, 0) is 33.3 Å². The van der Waals surface area contributed by atoms with Crippen LogP contribution in [-0.4, -0.2) is 51.2 Å². The van der Waals surface area contributed by atoms with Crippen molar-refractivity contribution in [2.45, 2.75) is 58.7 Å². The molecule has 0 radical (unpaired) electrons. The molecule has 1 N–H and O–H groups in total. The van der Waals surface area contributed by atoms with E-state index in [0.29, 0.717) is 6.54 Å². The Morgan fingerprint density at radius 2 is 1.90 bits per heavy atom. The Morgan fingerprint density at radius 3 is 2.52 bits per heavy atom. The van der Waals surface area contributed by atoms with Gasteiger partial charge in [0.2, 0.25) is 5.91 Å². The summed E-state index contributed by atoms with van der Waals surface area (Å²) in [6, 6.07) is 9.69. The zero-order valence-corrected chi connectivity index (χ0v) is 17.6. The number of carbonyl (C=O) groups excluding carboxylic acids is 3. The van der Waals surface area contributed by atoms with Crippen LogP contribution >= 0.6 is 0 Å².